The van der Waals surface area contributed by atoms with E-state index >= 15 is 13.2 Å². The van der Waals surface area contributed by atoms with Crippen molar-refractivity contribution in [1.29, 1.82) is 0 Å². The SMILES string of the molecule is [C-]#[N+]c1c(-n2c3cc(-c4ccc(-c5ccccc5)nc4)ccc3c3ccc(-c4ccc(-c5ccccc5)nc4)cc32)ccc(-c2c(C)cccc2C(F)(F)F)c1-n1c2cc(-c3ccc(-c4ccccc4)nc3)ccc2c2ccc(-c3ccc(-c4ccccc4)nc3)cc21. The Labute approximate surface area is 534 Å². The number of benzene rings is 10. The minimum Gasteiger partial charge on any atom is -0.319 e. The number of rotatable bonds is 11. The number of pyridine rings is 4. The summed E-state index contributed by atoms with van der Waals surface area (Å²) in [6.45, 7) is 11.4. The molecule has 0 saturated heterocycles. The van der Waals surface area contributed by atoms with Crippen LogP contribution in [0.3, 0.4) is 0 Å². The van der Waals surface area contributed by atoms with E-state index in [1.54, 1.807) is 19.1 Å². The Morgan fingerprint density at radius 3 is 0.978 bits per heavy atom. The molecule has 0 aliphatic rings. The predicted molar refractivity (Wildman–Crippen MR) is 371 cm³/mol. The molecule has 16 rings (SSSR count). The Hall–Kier alpha value is -12.3. The van der Waals surface area contributed by atoms with Gasteiger partial charge in [0.1, 0.15) is 0 Å². The summed E-state index contributed by atoms with van der Waals surface area (Å²) >= 11 is 0. The standard InChI is InChI=1S/C83H52F3N7/c1-52-16-15-25-70(83(84,85)86)80(52)69-38-43-75(92-76-44-57(61-30-39-71(88-48-61)53-17-7-3-8-18-53)26-34-65(76)66-35-27-58(45-77(66)92)62-31-40-72(89-49-62)54-19-9-4-10-20-54)81(87-2)82(69)93-78-46-59(63-32-41-73(90-50-63)55-21-11-5-12-22-55)28-36-67(78)68-37-29-60(47-79(68)93)64-33-42-74(91-51-64)56-23-13-6-14-24-56/h3-51H,1H3. The third kappa shape index (κ3) is 10.1. The van der Waals surface area contributed by atoms with Crippen molar-refractivity contribution in [2.75, 3.05) is 0 Å². The maximum atomic E-state index is 16.0. The normalized spacial score (nSPS) is 11.6. The molecule has 93 heavy (non-hydrogen) atoms. The Morgan fingerprint density at radius 1 is 0.333 bits per heavy atom. The quantitative estimate of drug-likeness (QED) is 0.121. The molecule has 7 nitrogen and oxygen atoms in total. The topological polar surface area (TPSA) is 65.8 Å². The molecule has 10 heteroatoms. The molecule has 0 aliphatic carbocycles. The number of alkyl halides is 3. The van der Waals surface area contributed by atoms with E-state index in [2.05, 4.69) is 94.3 Å². The lowest BCUT2D eigenvalue weighted by molar-refractivity contribution is -0.137. The summed E-state index contributed by atoms with van der Waals surface area (Å²) < 4.78 is 52.0. The van der Waals surface area contributed by atoms with Crippen molar-refractivity contribution in [2.24, 2.45) is 0 Å². The Bertz CT molecular complexity index is 5290. The van der Waals surface area contributed by atoms with E-state index in [0.717, 1.165) is 128 Å². The van der Waals surface area contributed by atoms with Crippen molar-refractivity contribution >= 4 is 49.3 Å². The molecule has 6 heterocycles. The van der Waals surface area contributed by atoms with Crippen LogP contribution in [0.5, 0.6) is 0 Å². The van der Waals surface area contributed by atoms with Crippen molar-refractivity contribution < 1.29 is 13.2 Å². The second kappa shape index (κ2) is 22.9. The molecular formula is C83H52F3N7. The first-order valence-electron chi connectivity index (χ1n) is 30.6. The first kappa shape index (κ1) is 56.0. The van der Waals surface area contributed by atoms with Gasteiger partial charge < -0.3 is 9.13 Å². The van der Waals surface area contributed by atoms with E-state index in [-0.39, 0.29) is 22.5 Å². The molecule has 0 atom stereocenters. The van der Waals surface area contributed by atoms with Crippen molar-refractivity contribution in [3.63, 3.8) is 0 Å². The molecule has 0 N–H and O–H groups in total. The van der Waals surface area contributed by atoms with E-state index in [0.29, 0.717) is 22.3 Å². The van der Waals surface area contributed by atoms with Crippen LogP contribution in [0.2, 0.25) is 0 Å². The molecule has 0 radical (unpaired) electrons. The van der Waals surface area contributed by atoms with Gasteiger partial charge in [0.2, 0.25) is 5.69 Å². The summed E-state index contributed by atoms with van der Waals surface area (Å²) in [6.07, 6.45) is 2.70. The number of nitrogens with zero attached hydrogens (tertiary/aromatic N) is 7. The van der Waals surface area contributed by atoms with Crippen LogP contribution in [0.4, 0.5) is 18.9 Å². The smallest absolute Gasteiger partial charge is 0.319 e. The highest BCUT2D eigenvalue weighted by atomic mass is 19.4. The highest BCUT2D eigenvalue weighted by Crippen LogP contribution is 2.50. The molecule has 0 spiro atoms. The zero-order chi connectivity index (χ0) is 62.7. The fourth-order valence-corrected chi connectivity index (χ4v) is 13.2. The minimum atomic E-state index is -4.77. The van der Waals surface area contributed by atoms with Crippen LogP contribution >= 0.6 is 0 Å². The molecular weight excluding hydrogens is 1150 g/mol. The minimum absolute atomic E-state index is 0.0233. The fourth-order valence-electron chi connectivity index (χ4n) is 13.2. The third-order valence-corrected chi connectivity index (χ3v) is 17.8. The number of fused-ring (bicyclic) bond motifs is 6. The number of aromatic nitrogens is 6. The average molecular weight is 1200 g/mol. The molecule has 0 fully saturated rings. The number of halogens is 3. The lowest BCUT2D eigenvalue weighted by atomic mass is 9.92. The number of hydrogen-bond donors (Lipinski definition) is 0. The van der Waals surface area contributed by atoms with Gasteiger partial charge in [-0.1, -0.05) is 212 Å². The van der Waals surface area contributed by atoms with Crippen LogP contribution in [-0.4, -0.2) is 29.1 Å². The van der Waals surface area contributed by atoms with Crippen LogP contribution in [0.25, 0.3) is 160 Å². The predicted octanol–water partition coefficient (Wildman–Crippen LogP) is 22.3. The first-order chi connectivity index (χ1) is 45.6. The molecule has 0 unspecified atom stereocenters. The summed E-state index contributed by atoms with van der Waals surface area (Å²) in [5.41, 5.74) is 17.7. The lowest BCUT2D eigenvalue weighted by Crippen LogP contribution is -2.10. The molecule has 0 aliphatic heterocycles. The van der Waals surface area contributed by atoms with Gasteiger partial charge in [-0.25, -0.2) is 4.85 Å². The Balaban J connectivity index is 0.984. The maximum Gasteiger partial charge on any atom is 0.417 e. The van der Waals surface area contributed by atoms with Crippen LogP contribution in [0.1, 0.15) is 11.1 Å². The van der Waals surface area contributed by atoms with Gasteiger partial charge >= 0.3 is 6.18 Å². The van der Waals surface area contributed by atoms with Crippen LogP contribution in [-0.2, 0) is 6.18 Å². The monoisotopic (exact) mass is 1200 g/mol. The molecule has 0 bridgehead atoms. The highest BCUT2D eigenvalue weighted by Gasteiger charge is 2.36. The summed E-state index contributed by atoms with van der Waals surface area (Å²) in [7, 11) is 0. The second-order valence-corrected chi connectivity index (χ2v) is 23.2. The third-order valence-electron chi connectivity index (χ3n) is 17.8. The van der Waals surface area contributed by atoms with Crippen LogP contribution in [0.15, 0.2) is 298 Å². The van der Waals surface area contributed by atoms with Gasteiger partial charge in [-0.2, -0.15) is 13.2 Å². The van der Waals surface area contributed by atoms with E-state index in [1.807, 2.05) is 193 Å². The van der Waals surface area contributed by atoms with E-state index in [1.165, 1.54) is 6.07 Å². The van der Waals surface area contributed by atoms with Crippen LogP contribution in [0, 0.1) is 13.5 Å². The summed E-state index contributed by atoms with van der Waals surface area (Å²) in [5.74, 6) is 0. The highest BCUT2D eigenvalue weighted by molar-refractivity contribution is 6.15. The van der Waals surface area contributed by atoms with Gasteiger partial charge in [-0.05, 0) is 107 Å². The molecule has 10 aromatic carbocycles. The Morgan fingerprint density at radius 2 is 0.667 bits per heavy atom. The molecule has 440 valence electrons. The van der Waals surface area contributed by atoms with E-state index in [4.69, 9.17) is 19.9 Å². The molecule has 6 aromatic heterocycles. The molecule has 16 aromatic rings. The molecule has 0 saturated carbocycles. The van der Waals surface area contributed by atoms with Crippen LogP contribution < -0.4 is 0 Å². The summed E-state index contributed by atoms with van der Waals surface area (Å²) in [4.78, 5) is 24.3. The second-order valence-electron chi connectivity index (χ2n) is 23.2. The average Bonchev–Trinajstić information content (AvgIpc) is 1.60. The maximum absolute atomic E-state index is 16.0. The van der Waals surface area contributed by atoms with Gasteiger partial charge in [-0.15, -0.1) is 0 Å². The van der Waals surface area contributed by atoms with Gasteiger partial charge in [0, 0.05) is 90.8 Å². The van der Waals surface area contributed by atoms with E-state index in [9.17, 15) is 6.57 Å². The van der Waals surface area contributed by atoms with Gasteiger partial charge in [0.05, 0.1) is 68.4 Å². The van der Waals surface area contributed by atoms with E-state index < -0.39 is 11.7 Å². The van der Waals surface area contributed by atoms with Gasteiger partial charge in [0.25, 0.3) is 0 Å². The first-order valence-corrected chi connectivity index (χ1v) is 30.6. The summed E-state index contributed by atoms with van der Waals surface area (Å²) in [5, 5.41) is 3.50. The van der Waals surface area contributed by atoms with Crippen molar-refractivity contribution in [1.82, 2.24) is 29.1 Å². The Kier molecular flexibility index (Phi) is 13.8. The lowest BCUT2D eigenvalue weighted by Gasteiger charge is -2.23. The van der Waals surface area contributed by atoms with Gasteiger partial charge in [0.15, 0.2) is 0 Å². The largest absolute Gasteiger partial charge is 0.417 e. The van der Waals surface area contributed by atoms with Gasteiger partial charge in [-0.3, -0.25) is 19.9 Å². The zero-order valence-corrected chi connectivity index (χ0v) is 50.1. The van der Waals surface area contributed by atoms with Crippen molar-refractivity contribution in [3.8, 4) is 112 Å². The fraction of sp³-hybridized carbons (Fsp3) is 0.0241. The molecule has 0 amide bonds. The van der Waals surface area contributed by atoms with Crippen molar-refractivity contribution in [2.45, 2.75) is 13.1 Å². The zero-order valence-electron chi connectivity index (χ0n) is 50.1. The number of hydrogen-bond acceptors (Lipinski definition) is 4. The number of aryl methyl sites for hydroxylation is 1. The summed E-state index contributed by atoms with van der Waals surface area (Å²) in [6, 6.07) is 89.3. The van der Waals surface area contributed by atoms with Crippen molar-refractivity contribution in [3.05, 3.63) is 320 Å².